The Morgan fingerprint density at radius 1 is 1.41 bits per heavy atom. The average molecular weight is 235 g/mol. The third-order valence-corrected chi connectivity index (χ3v) is 2.36. The van der Waals surface area contributed by atoms with E-state index in [0.29, 0.717) is 18.6 Å². The molecule has 1 atom stereocenters. The van der Waals surface area contributed by atoms with E-state index in [1.165, 1.54) is 0 Å². The van der Waals surface area contributed by atoms with Crippen molar-refractivity contribution >= 4 is 12.4 Å². The Hall–Kier alpha value is -1.84. The standard InChI is InChI=1S/C13H17NO3/c1-2-3-9-12(14-10-15)13(16)17-11-7-5-4-6-8-11/h4-8,10,12H,2-3,9H2,1H3,(H,14,15)/t12-/m0/s1. The second-order valence-corrected chi connectivity index (χ2v) is 3.71. The molecule has 0 fully saturated rings. The van der Waals surface area contributed by atoms with Gasteiger partial charge in [0.15, 0.2) is 0 Å². The highest BCUT2D eigenvalue weighted by Gasteiger charge is 2.18. The summed E-state index contributed by atoms with van der Waals surface area (Å²) in [5.41, 5.74) is 0. The first-order valence-electron chi connectivity index (χ1n) is 5.74. The Labute approximate surface area is 101 Å². The highest BCUT2D eigenvalue weighted by atomic mass is 16.5. The average Bonchev–Trinajstić information content (AvgIpc) is 2.35. The lowest BCUT2D eigenvalue weighted by atomic mass is 10.1. The summed E-state index contributed by atoms with van der Waals surface area (Å²) in [6.45, 7) is 2.03. The molecule has 0 aliphatic heterocycles. The van der Waals surface area contributed by atoms with Crippen molar-refractivity contribution in [1.29, 1.82) is 0 Å². The lowest BCUT2D eigenvalue weighted by Crippen LogP contribution is -2.38. The molecule has 0 aliphatic rings. The predicted molar refractivity (Wildman–Crippen MR) is 64.6 cm³/mol. The van der Waals surface area contributed by atoms with Crippen LogP contribution in [0.15, 0.2) is 30.3 Å². The summed E-state index contributed by atoms with van der Waals surface area (Å²) in [6, 6.07) is 8.27. The van der Waals surface area contributed by atoms with E-state index in [1.54, 1.807) is 24.3 Å². The largest absolute Gasteiger partial charge is 0.425 e. The van der Waals surface area contributed by atoms with Crippen molar-refractivity contribution < 1.29 is 14.3 Å². The second kappa shape index (κ2) is 7.44. The number of carbonyl (C=O) groups is 2. The van der Waals surface area contributed by atoms with E-state index < -0.39 is 12.0 Å². The number of carbonyl (C=O) groups excluding carboxylic acids is 2. The molecule has 0 spiro atoms. The van der Waals surface area contributed by atoms with Gasteiger partial charge in [-0.15, -0.1) is 0 Å². The minimum atomic E-state index is -0.562. The summed E-state index contributed by atoms with van der Waals surface area (Å²) in [5, 5.41) is 2.48. The number of ether oxygens (including phenoxy) is 1. The predicted octanol–water partition coefficient (Wildman–Crippen LogP) is 1.90. The molecule has 0 unspecified atom stereocenters. The zero-order chi connectivity index (χ0) is 12.5. The molecule has 92 valence electrons. The quantitative estimate of drug-likeness (QED) is 0.446. The molecule has 0 saturated heterocycles. The first-order chi connectivity index (χ1) is 8.27. The zero-order valence-corrected chi connectivity index (χ0v) is 9.89. The molecule has 0 radical (unpaired) electrons. The minimum Gasteiger partial charge on any atom is -0.425 e. The topological polar surface area (TPSA) is 55.4 Å². The van der Waals surface area contributed by atoms with Gasteiger partial charge in [-0.1, -0.05) is 38.0 Å². The smallest absolute Gasteiger partial charge is 0.334 e. The molecule has 0 saturated carbocycles. The third kappa shape index (κ3) is 4.68. The molecular weight excluding hydrogens is 218 g/mol. The van der Waals surface area contributed by atoms with Crippen LogP contribution >= 0.6 is 0 Å². The number of para-hydroxylation sites is 1. The number of rotatable bonds is 7. The fraction of sp³-hybridized carbons (Fsp3) is 0.385. The summed E-state index contributed by atoms with van der Waals surface area (Å²) in [5.74, 6) is 0.0726. The fourth-order valence-electron chi connectivity index (χ4n) is 1.44. The molecule has 1 aromatic rings. The van der Waals surface area contributed by atoms with Crippen LogP contribution < -0.4 is 10.1 Å². The van der Waals surface area contributed by atoms with Crippen molar-refractivity contribution in [3.63, 3.8) is 0 Å². The summed E-state index contributed by atoms with van der Waals surface area (Å²) in [4.78, 5) is 22.2. The van der Waals surface area contributed by atoms with E-state index in [9.17, 15) is 9.59 Å². The molecule has 0 heterocycles. The number of benzene rings is 1. The van der Waals surface area contributed by atoms with Crippen molar-refractivity contribution in [3.05, 3.63) is 30.3 Å². The molecule has 0 aliphatic carbocycles. The molecule has 1 amide bonds. The van der Waals surface area contributed by atoms with Crippen molar-refractivity contribution in [3.8, 4) is 5.75 Å². The maximum Gasteiger partial charge on any atom is 0.334 e. The maximum absolute atomic E-state index is 11.8. The summed E-state index contributed by atoms with van der Waals surface area (Å²) >= 11 is 0. The van der Waals surface area contributed by atoms with Gasteiger partial charge in [-0.2, -0.15) is 0 Å². The van der Waals surface area contributed by atoms with Crippen LogP contribution in [0.25, 0.3) is 0 Å². The van der Waals surface area contributed by atoms with Crippen LogP contribution in [-0.4, -0.2) is 18.4 Å². The molecule has 4 heteroatoms. The van der Waals surface area contributed by atoms with Crippen LogP contribution in [0.2, 0.25) is 0 Å². The van der Waals surface area contributed by atoms with Crippen molar-refractivity contribution in [2.45, 2.75) is 32.2 Å². The van der Waals surface area contributed by atoms with Crippen LogP contribution in [-0.2, 0) is 9.59 Å². The van der Waals surface area contributed by atoms with Gasteiger partial charge in [0, 0.05) is 0 Å². The van der Waals surface area contributed by atoms with E-state index in [0.717, 1.165) is 12.8 Å². The zero-order valence-electron chi connectivity index (χ0n) is 9.89. The summed E-state index contributed by atoms with van der Waals surface area (Å²) in [6.07, 6.45) is 2.97. The highest BCUT2D eigenvalue weighted by molar-refractivity contribution is 5.80. The highest BCUT2D eigenvalue weighted by Crippen LogP contribution is 2.11. The number of esters is 1. The first kappa shape index (κ1) is 13.2. The number of amides is 1. The molecule has 0 bridgehead atoms. The van der Waals surface area contributed by atoms with Gasteiger partial charge in [0.1, 0.15) is 11.8 Å². The Kier molecular flexibility index (Phi) is 5.79. The fourth-order valence-corrected chi connectivity index (χ4v) is 1.44. The number of hydrogen-bond acceptors (Lipinski definition) is 3. The van der Waals surface area contributed by atoms with Gasteiger partial charge in [0.2, 0.25) is 6.41 Å². The van der Waals surface area contributed by atoms with Crippen LogP contribution in [0.5, 0.6) is 5.75 Å². The van der Waals surface area contributed by atoms with E-state index in [-0.39, 0.29) is 0 Å². The minimum absolute atomic E-state index is 0.420. The van der Waals surface area contributed by atoms with Crippen LogP contribution in [0.4, 0.5) is 0 Å². The molecule has 1 aromatic carbocycles. The van der Waals surface area contributed by atoms with Gasteiger partial charge in [0.25, 0.3) is 0 Å². The van der Waals surface area contributed by atoms with E-state index in [4.69, 9.17) is 4.74 Å². The van der Waals surface area contributed by atoms with Gasteiger partial charge in [-0.3, -0.25) is 4.79 Å². The van der Waals surface area contributed by atoms with Crippen LogP contribution in [0, 0.1) is 0 Å². The van der Waals surface area contributed by atoms with Gasteiger partial charge in [-0.05, 0) is 18.6 Å². The number of unbranched alkanes of at least 4 members (excludes halogenated alkanes) is 1. The van der Waals surface area contributed by atoms with Crippen LogP contribution in [0.1, 0.15) is 26.2 Å². The monoisotopic (exact) mass is 235 g/mol. The first-order valence-corrected chi connectivity index (χ1v) is 5.74. The molecular formula is C13H17NO3. The number of nitrogens with one attached hydrogen (secondary N) is 1. The van der Waals surface area contributed by atoms with E-state index in [1.807, 2.05) is 13.0 Å². The van der Waals surface area contributed by atoms with E-state index >= 15 is 0 Å². The Bertz CT molecular complexity index is 351. The lowest BCUT2D eigenvalue weighted by Gasteiger charge is -2.14. The van der Waals surface area contributed by atoms with Crippen molar-refractivity contribution in [2.75, 3.05) is 0 Å². The molecule has 0 aromatic heterocycles. The van der Waals surface area contributed by atoms with Crippen LogP contribution in [0.3, 0.4) is 0 Å². The summed E-state index contributed by atoms with van der Waals surface area (Å²) < 4.78 is 5.17. The maximum atomic E-state index is 11.8. The Balaban J connectivity index is 2.55. The normalized spacial score (nSPS) is 11.6. The molecule has 1 rings (SSSR count). The van der Waals surface area contributed by atoms with Crippen molar-refractivity contribution in [1.82, 2.24) is 5.32 Å². The van der Waals surface area contributed by atoms with Gasteiger partial charge >= 0.3 is 5.97 Å². The van der Waals surface area contributed by atoms with Gasteiger partial charge < -0.3 is 10.1 Å². The van der Waals surface area contributed by atoms with Gasteiger partial charge in [-0.25, -0.2) is 4.79 Å². The molecule has 4 nitrogen and oxygen atoms in total. The SMILES string of the molecule is CCCC[C@H](NC=O)C(=O)Oc1ccccc1. The van der Waals surface area contributed by atoms with Crippen molar-refractivity contribution in [2.24, 2.45) is 0 Å². The Morgan fingerprint density at radius 2 is 2.12 bits per heavy atom. The second-order valence-electron chi connectivity index (χ2n) is 3.71. The lowest BCUT2D eigenvalue weighted by molar-refractivity contribution is -0.138. The van der Waals surface area contributed by atoms with Gasteiger partial charge in [0.05, 0.1) is 0 Å². The third-order valence-electron chi connectivity index (χ3n) is 2.36. The molecule has 1 N–H and O–H groups in total. The van der Waals surface area contributed by atoms with E-state index in [2.05, 4.69) is 5.32 Å². The Morgan fingerprint density at radius 3 is 2.71 bits per heavy atom. The summed E-state index contributed by atoms with van der Waals surface area (Å²) in [7, 11) is 0. The number of hydrogen-bond donors (Lipinski definition) is 1. The molecule has 17 heavy (non-hydrogen) atoms.